The predicted molar refractivity (Wildman–Crippen MR) is 98.5 cm³/mol. The van der Waals surface area contributed by atoms with Gasteiger partial charge in [0, 0.05) is 18.0 Å². The number of nitrogens with one attached hydrogen (secondary N) is 2. The van der Waals surface area contributed by atoms with Gasteiger partial charge in [-0.2, -0.15) is 0 Å². The van der Waals surface area contributed by atoms with E-state index in [1.165, 1.54) is 10.4 Å². The van der Waals surface area contributed by atoms with Gasteiger partial charge in [-0.05, 0) is 43.3 Å². The maximum Gasteiger partial charge on any atom is 0.191 e. The first-order chi connectivity index (χ1) is 11.3. The topological polar surface area (TPSA) is 45.7 Å². The lowest BCUT2D eigenvalue weighted by Crippen LogP contribution is -2.38. The molecule has 0 aliphatic carbocycles. The molecule has 0 aliphatic heterocycles. The third-order valence-electron chi connectivity index (χ3n) is 3.28. The Morgan fingerprint density at radius 1 is 1.13 bits per heavy atom. The summed E-state index contributed by atoms with van der Waals surface area (Å²) in [5.74, 6) is 1.83. The summed E-state index contributed by atoms with van der Waals surface area (Å²) in [6.07, 6.45) is 0.902. The second-order valence-corrected chi connectivity index (χ2v) is 6.02. The summed E-state index contributed by atoms with van der Waals surface area (Å²) in [6.45, 7) is 7.16. The van der Waals surface area contributed by atoms with E-state index in [0.717, 1.165) is 31.2 Å². The van der Waals surface area contributed by atoms with E-state index in [0.29, 0.717) is 13.2 Å². The summed E-state index contributed by atoms with van der Waals surface area (Å²) < 4.78 is 5.67. The van der Waals surface area contributed by atoms with Crippen molar-refractivity contribution in [3.8, 4) is 5.75 Å². The molecule has 0 amide bonds. The standard InChI is InChI=1S/C18H25N3OS/c1-3-19-18(21-14-16-9-7-13-23-16)20-12-11-15-8-5-6-10-17(15)22-4-2/h5-10,13H,3-4,11-12,14H2,1-2H3,(H2,19,20,21). The molecule has 2 aromatic rings. The summed E-state index contributed by atoms with van der Waals surface area (Å²) >= 11 is 1.73. The number of nitrogens with zero attached hydrogens (tertiary/aromatic N) is 1. The van der Waals surface area contributed by atoms with Crippen molar-refractivity contribution in [1.29, 1.82) is 0 Å². The minimum atomic E-state index is 0.690. The Morgan fingerprint density at radius 3 is 2.74 bits per heavy atom. The Balaban J connectivity index is 1.87. The molecule has 1 heterocycles. The fraction of sp³-hybridized carbons (Fsp3) is 0.389. The zero-order valence-corrected chi connectivity index (χ0v) is 14.7. The Morgan fingerprint density at radius 2 is 2.00 bits per heavy atom. The van der Waals surface area contributed by atoms with Gasteiger partial charge in [-0.15, -0.1) is 11.3 Å². The molecule has 23 heavy (non-hydrogen) atoms. The molecule has 0 unspecified atom stereocenters. The molecular formula is C18H25N3OS. The number of ether oxygens (including phenoxy) is 1. The fourth-order valence-corrected chi connectivity index (χ4v) is 2.85. The molecule has 0 saturated heterocycles. The lowest BCUT2D eigenvalue weighted by molar-refractivity contribution is 0.336. The second kappa shape index (κ2) is 9.90. The van der Waals surface area contributed by atoms with Gasteiger partial charge in [0.25, 0.3) is 0 Å². The third-order valence-corrected chi connectivity index (χ3v) is 4.14. The largest absolute Gasteiger partial charge is 0.494 e. The Hall–Kier alpha value is -2.01. The summed E-state index contributed by atoms with van der Waals surface area (Å²) in [6, 6.07) is 12.4. The number of hydrogen-bond acceptors (Lipinski definition) is 3. The number of benzene rings is 1. The van der Waals surface area contributed by atoms with Gasteiger partial charge in [0.05, 0.1) is 13.2 Å². The minimum Gasteiger partial charge on any atom is -0.494 e. The van der Waals surface area contributed by atoms with Crippen molar-refractivity contribution < 1.29 is 4.74 Å². The quantitative estimate of drug-likeness (QED) is 0.575. The van der Waals surface area contributed by atoms with Gasteiger partial charge >= 0.3 is 0 Å². The molecule has 0 spiro atoms. The van der Waals surface area contributed by atoms with Gasteiger partial charge in [-0.3, -0.25) is 0 Å². The highest BCUT2D eigenvalue weighted by atomic mass is 32.1. The Bertz CT molecular complexity index is 596. The van der Waals surface area contributed by atoms with Gasteiger partial charge in [0.2, 0.25) is 0 Å². The van der Waals surface area contributed by atoms with Gasteiger partial charge in [0.15, 0.2) is 5.96 Å². The molecule has 0 aliphatic rings. The van der Waals surface area contributed by atoms with Crippen LogP contribution in [-0.2, 0) is 13.0 Å². The molecule has 2 rings (SSSR count). The monoisotopic (exact) mass is 331 g/mol. The molecule has 0 fully saturated rings. The van der Waals surface area contributed by atoms with Crippen molar-refractivity contribution in [3.05, 3.63) is 52.2 Å². The number of para-hydroxylation sites is 1. The molecule has 5 heteroatoms. The first kappa shape index (κ1) is 17.3. The van der Waals surface area contributed by atoms with Gasteiger partial charge in [-0.25, -0.2) is 4.99 Å². The van der Waals surface area contributed by atoms with Crippen LogP contribution in [0.1, 0.15) is 24.3 Å². The number of hydrogen-bond donors (Lipinski definition) is 2. The summed E-state index contributed by atoms with van der Waals surface area (Å²) in [4.78, 5) is 5.89. The second-order valence-electron chi connectivity index (χ2n) is 4.99. The van der Waals surface area contributed by atoms with Crippen LogP contribution in [0.2, 0.25) is 0 Å². The van der Waals surface area contributed by atoms with E-state index in [4.69, 9.17) is 4.74 Å². The molecule has 4 nitrogen and oxygen atoms in total. The summed E-state index contributed by atoms with van der Waals surface area (Å²) in [5, 5.41) is 8.75. The van der Waals surface area contributed by atoms with E-state index in [-0.39, 0.29) is 0 Å². The predicted octanol–water partition coefficient (Wildman–Crippen LogP) is 3.44. The van der Waals surface area contributed by atoms with Crippen LogP contribution in [0.5, 0.6) is 5.75 Å². The number of aliphatic imine (C=N–C) groups is 1. The first-order valence-electron chi connectivity index (χ1n) is 8.08. The van der Waals surface area contributed by atoms with Crippen LogP contribution in [0.25, 0.3) is 0 Å². The Labute approximate surface area is 142 Å². The normalized spacial score (nSPS) is 11.3. The lowest BCUT2D eigenvalue weighted by atomic mass is 10.1. The highest BCUT2D eigenvalue weighted by Crippen LogP contribution is 2.18. The fourth-order valence-electron chi connectivity index (χ4n) is 2.22. The van der Waals surface area contributed by atoms with Gasteiger partial charge in [0.1, 0.15) is 5.75 Å². The average molecular weight is 331 g/mol. The van der Waals surface area contributed by atoms with Crippen LogP contribution in [-0.4, -0.2) is 25.7 Å². The molecule has 0 bridgehead atoms. The summed E-state index contributed by atoms with van der Waals surface area (Å²) in [5.41, 5.74) is 1.22. The molecule has 1 aromatic heterocycles. The van der Waals surface area contributed by atoms with E-state index >= 15 is 0 Å². The van der Waals surface area contributed by atoms with Crippen molar-refractivity contribution in [1.82, 2.24) is 10.6 Å². The SMILES string of the molecule is CCNC(=NCc1cccs1)NCCc1ccccc1OCC. The van der Waals surface area contributed by atoms with Crippen molar-refractivity contribution in [3.63, 3.8) is 0 Å². The summed E-state index contributed by atoms with van der Waals surface area (Å²) in [7, 11) is 0. The van der Waals surface area contributed by atoms with E-state index in [1.807, 2.05) is 25.1 Å². The zero-order chi connectivity index (χ0) is 16.3. The van der Waals surface area contributed by atoms with Crippen molar-refractivity contribution in [2.24, 2.45) is 4.99 Å². The molecule has 124 valence electrons. The van der Waals surface area contributed by atoms with E-state index in [2.05, 4.69) is 46.1 Å². The molecule has 1 aromatic carbocycles. The van der Waals surface area contributed by atoms with Gasteiger partial charge < -0.3 is 15.4 Å². The maximum atomic E-state index is 5.67. The van der Waals surface area contributed by atoms with E-state index in [1.54, 1.807) is 11.3 Å². The molecule has 0 atom stereocenters. The molecule has 0 saturated carbocycles. The van der Waals surface area contributed by atoms with Crippen LogP contribution < -0.4 is 15.4 Å². The third kappa shape index (κ3) is 5.94. The molecule has 2 N–H and O–H groups in total. The maximum absolute atomic E-state index is 5.67. The van der Waals surface area contributed by atoms with E-state index in [9.17, 15) is 0 Å². The van der Waals surface area contributed by atoms with Crippen LogP contribution in [0.3, 0.4) is 0 Å². The van der Waals surface area contributed by atoms with Crippen molar-refractivity contribution >= 4 is 17.3 Å². The van der Waals surface area contributed by atoms with E-state index < -0.39 is 0 Å². The van der Waals surface area contributed by atoms with Crippen LogP contribution in [0, 0.1) is 0 Å². The molecule has 0 radical (unpaired) electrons. The lowest BCUT2D eigenvalue weighted by Gasteiger charge is -2.13. The van der Waals surface area contributed by atoms with Crippen LogP contribution >= 0.6 is 11.3 Å². The van der Waals surface area contributed by atoms with Crippen molar-refractivity contribution in [2.45, 2.75) is 26.8 Å². The smallest absolute Gasteiger partial charge is 0.191 e. The number of guanidine groups is 1. The van der Waals surface area contributed by atoms with Crippen LogP contribution in [0.4, 0.5) is 0 Å². The zero-order valence-electron chi connectivity index (χ0n) is 13.8. The van der Waals surface area contributed by atoms with Crippen LogP contribution in [0.15, 0.2) is 46.8 Å². The first-order valence-corrected chi connectivity index (χ1v) is 8.96. The van der Waals surface area contributed by atoms with Crippen molar-refractivity contribution in [2.75, 3.05) is 19.7 Å². The molecular weight excluding hydrogens is 306 g/mol. The minimum absolute atomic E-state index is 0.690. The highest BCUT2D eigenvalue weighted by Gasteiger charge is 2.03. The Kier molecular flexibility index (Phi) is 7.46. The number of rotatable bonds is 8. The van der Waals surface area contributed by atoms with Gasteiger partial charge in [-0.1, -0.05) is 24.3 Å². The number of thiophene rings is 1. The highest BCUT2D eigenvalue weighted by molar-refractivity contribution is 7.09. The average Bonchev–Trinajstić information content (AvgIpc) is 3.08.